The Morgan fingerprint density at radius 1 is 1.00 bits per heavy atom. The molecule has 0 bridgehead atoms. The predicted octanol–water partition coefficient (Wildman–Crippen LogP) is 2.80. The average molecular weight is 419 g/mol. The van der Waals surface area contributed by atoms with E-state index in [1.54, 1.807) is 6.92 Å². The highest BCUT2D eigenvalue weighted by molar-refractivity contribution is 7.89. The molecule has 2 aromatic rings. The lowest BCUT2D eigenvalue weighted by atomic mass is 10.0. The molecule has 0 aromatic heterocycles. The van der Waals surface area contributed by atoms with Crippen LogP contribution >= 0.6 is 0 Å². The van der Waals surface area contributed by atoms with Gasteiger partial charge in [0, 0.05) is 6.54 Å². The summed E-state index contributed by atoms with van der Waals surface area (Å²) in [5.74, 6) is -1.09. The summed E-state index contributed by atoms with van der Waals surface area (Å²) in [6, 6.07) is 14.8. The van der Waals surface area contributed by atoms with Crippen molar-refractivity contribution in [1.29, 1.82) is 0 Å². The first-order valence-corrected chi connectivity index (χ1v) is 11.0. The molecule has 29 heavy (non-hydrogen) atoms. The van der Waals surface area contributed by atoms with E-state index in [2.05, 4.69) is 10.0 Å². The van der Waals surface area contributed by atoms with E-state index in [-0.39, 0.29) is 23.0 Å². The van der Waals surface area contributed by atoms with Gasteiger partial charge < -0.3 is 10.1 Å². The molecule has 2 aromatic carbocycles. The molecule has 1 amide bonds. The first kappa shape index (κ1) is 22.6. The van der Waals surface area contributed by atoms with E-state index in [9.17, 15) is 18.0 Å². The molecule has 156 valence electrons. The van der Waals surface area contributed by atoms with Crippen LogP contribution in [-0.4, -0.2) is 33.4 Å². The van der Waals surface area contributed by atoms with Gasteiger partial charge in [-0.15, -0.1) is 0 Å². The third-order valence-electron chi connectivity index (χ3n) is 4.18. The van der Waals surface area contributed by atoms with Crippen LogP contribution in [-0.2, 0) is 19.6 Å². The molecular weight excluding hydrogens is 392 g/mol. The standard InChI is InChI=1S/C21H26N2O5S/c1-3-8-19(16-9-6-5-7-10-16)23-20(24)15-28-21(25)17-11-13-18(14-12-17)29(26,27)22-4-2/h5-7,9-14,19,22H,3-4,8,15H2,1-2H3,(H,23,24)/t19-/m1/s1. The quantitative estimate of drug-likeness (QED) is 0.578. The molecule has 0 aliphatic rings. The van der Waals surface area contributed by atoms with E-state index < -0.39 is 28.5 Å². The van der Waals surface area contributed by atoms with Crippen LogP contribution in [0.3, 0.4) is 0 Å². The number of amides is 1. The normalized spacial score (nSPS) is 12.2. The van der Waals surface area contributed by atoms with Gasteiger partial charge in [-0.25, -0.2) is 17.9 Å². The number of hydrogen-bond donors (Lipinski definition) is 2. The Hall–Kier alpha value is -2.71. The maximum Gasteiger partial charge on any atom is 0.338 e. The van der Waals surface area contributed by atoms with E-state index in [4.69, 9.17) is 4.74 Å². The van der Waals surface area contributed by atoms with Gasteiger partial charge in [-0.3, -0.25) is 4.79 Å². The fourth-order valence-corrected chi connectivity index (χ4v) is 3.83. The van der Waals surface area contributed by atoms with Crippen LogP contribution in [0.25, 0.3) is 0 Å². The smallest absolute Gasteiger partial charge is 0.338 e. The highest BCUT2D eigenvalue weighted by Crippen LogP contribution is 2.18. The predicted molar refractivity (Wildman–Crippen MR) is 110 cm³/mol. The van der Waals surface area contributed by atoms with Crippen LogP contribution in [0.2, 0.25) is 0 Å². The number of benzene rings is 2. The molecular formula is C21H26N2O5S. The highest BCUT2D eigenvalue weighted by Gasteiger charge is 2.17. The second kappa shape index (κ2) is 10.7. The van der Waals surface area contributed by atoms with Gasteiger partial charge in [-0.2, -0.15) is 0 Å². The molecule has 0 aliphatic heterocycles. The summed E-state index contributed by atoms with van der Waals surface area (Å²) in [5, 5.41) is 2.88. The molecule has 0 saturated carbocycles. The molecule has 0 unspecified atom stereocenters. The van der Waals surface area contributed by atoms with E-state index in [0.29, 0.717) is 0 Å². The first-order valence-electron chi connectivity index (χ1n) is 9.48. The van der Waals surface area contributed by atoms with E-state index in [1.807, 2.05) is 37.3 Å². The molecule has 1 atom stereocenters. The lowest BCUT2D eigenvalue weighted by Gasteiger charge is -2.18. The fraction of sp³-hybridized carbons (Fsp3) is 0.333. The van der Waals surface area contributed by atoms with Gasteiger partial charge in [0.2, 0.25) is 10.0 Å². The van der Waals surface area contributed by atoms with Crippen molar-refractivity contribution >= 4 is 21.9 Å². The molecule has 8 heteroatoms. The zero-order valence-corrected chi connectivity index (χ0v) is 17.4. The molecule has 0 fully saturated rings. The number of nitrogens with one attached hydrogen (secondary N) is 2. The summed E-state index contributed by atoms with van der Waals surface area (Å²) in [4.78, 5) is 24.4. The second-order valence-corrected chi connectivity index (χ2v) is 8.19. The summed E-state index contributed by atoms with van der Waals surface area (Å²) in [6.45, 7) is 3.56. The van der Waals surface area contributed by atoms with Gasteiger partial charge in [-0.1, -0.05) is 50.6 Å². The van der Waals surface area contributed by atoms with Gasteiger partial charge in [-0.05, 0) is 36.2 Å². The van der Waals surface area contributed by atoms with Crippen molar-refractivity contribution in [3.05, 3.63) is 65.7 Å². The summed E-state index contributed by atoms with van der Waals surface area (Å²) in [7, 11) is -3.59. The third kappa shape index (κ3) is 6.69. The van der Waals surface area contributed by atoms with Crippen LogP contribution < -0.4 is 10.0 Å². The van der Waals surface area contributed by atoms with Crippen molar-refractivity contribution in [3.8, 4) is 0 Å². The van der Waals surface area contributed by atoms with Crippen LogP contribution in [0.15, 0.2) is 59.5 Å². The Morgan fingerprint density at radius 3 is 2.24 bits per heavy atom. The molecule has 7 nitrogen and oxygen atoms in total. The summed E-state index contributed by atoms with van der Waals surface area (Å²) in [5.41, 5.74) is 1.16. The fourth-order valence-electron chi connectivity index (χ4n) is 2.79. The monoisotopic (exact) mass is 418 g/mol. The van der Waals surface area contributed by atoms with Gasteiger partial charge in [0.25, 0.3) is 5.91 Å². The number of ether oxygens (including phenoxy) is 1. The Labute approximate surface area is 171 Å². The molecule has 0 aliphatic carbocycles. The Morgan fingerprint density at radius 2 is 1.66 bits per heavy atom. The largest absolute Gasteiger partial charge is 0.452 e. The second-order valence-electron chi connectivity index (χ2n) is 6.42. The Kier molecular flexibility index (Phi) is 8.35. The molecule has 0 spiro atoms. The number of carbonyl (C=O) groups is 2. The Balaban J connectivity index is 1.93. The number of carbonyl (C=O) groups excluding carboxylic acids is 2. The topological polar surface area (TPSA) is 102 Å². The minimum atomic E-state index is -3.59. The minimum Gasteiger partial charge on any atom is -0.452 e. The van der Waals surface area contributed by atoms with Crippen LogP contribution in [0.1, 0.15) is 48.7 Å². The number of sulfonamides is 1. The van der Waals surface area contributed by atoms with E-state index >= 15 is 0 Å². The van der Waals surface area contributed by atoms with Crippen molar-refractivity contribution in [1.82, 2.24) is 10.0 Å². The van der Waals surface area contributed by atoms with E-state index in [1.165, 1.54) is 24.3 Å². The molecule has 0 heterocycles. The van der Waals surface area contributed by atoms with Gasteiger partial charge in [0.05, 0.1) is 16.5 Å². The Bertz CT molecular complexity index is 912. The lowest BCUT2D eigenvalue weighted by Crippen LogP contribution is -2.32. The molecule has 0 saturated heterocycles. The highest BCUT2D eigenvalue weighted by atomic mass is 32.2. The van der Waals surface area contributed by atoms with Crippen molar-refractivity contribution in [2.24, 2.45) is 0 Å². The molecule has 2 rings (SSSR count). The van der Waals surface area contributed by atoms with Gasteiger partial charge >= 0.3 is 5.97 Å². The number of esters is 1. The van der Waals surface area contributed by atoms with Crippen molar-refractivity contribution in [3.63, 3.8) is 0 Å². The zero-order valence-electron chi connectivity index (χ0n) is 16.6. The lowest BCUT2D eigenvalue weighted by molar-refractivity contribution is -0.125. The average Bonchev–Trinajstić information content (AvgIpc) is 2.72. The summed E-state index contributed by atoms with van der Waals surface area (Å²) < 4.78 is 31.3. The van der Waals surface area contributed by atoms with E-state index in [0.717, 1.165) is 18.4 Å². The molecule has 0 radical (unpaired) electrons. The first-order chi connectivity index (χ1) is 13.9. The minimum absolute atomic E-state index is 0.0545. The van der Waals surface area contributed by atoms with Gasteiger partial charge in [0.15, 0.2) is 6.61 Å². The zero-order chi connectivity index (χ0) is 21.3. The number of hydrogen-bond acceptors (Lipinski definition) is 5. The van der Waals surface area contributed by atoms with Crippen molar-refractivity contribution < 1.29 is 22.7 Å². The van der Waals surface area contributed by atoms with Crippen LogP contribution in [0.4, 0.5) is 0 Å². The maximum absolute atomic E-state index is 12.2. The summed E-state index contributed by atoms with van der Waals surface area (Å²) in [6.07, 6.45) is 1.66. The van der Waals surface area contributed by atoms with Crippen LogP contribution in [0, 0.1) is 0 Å². The summed E-state index contributed by atoms with van der Waals surface area (Å²) >= 11 is 0. The van der Waals surface area contributed by atoms with Crippen LogP contribution in [0.5, 0.6) is 0 Å². The van der Waals surface area contributed by atoms with Gasteiger partial charge in [0.1, 0.15) is 0 Å². The third-order valence-corrected chi connectivity index (χ3v) is 5.75. The SMILES string of the molecule is CCC[C@@H](NC(=O)COC(=O)c1ccc(S(=O)(=O)NCC)cc1)c1ccccc1. The maximum atomic E-state index is 12.2. The van der Waals surface area contributed by atoms with Crippen molar-refractivity contribution in [2.75, 3.05) is 13.2 Å². The number of rotatable bonds is 10. The molecule has 2 N–H and O–H groups in total. The van der Waals surface area contributed by atoms with Crippen molar-refractivity contribution in [2.45, 2.75) is 37.6 Å².